The lowest BCUT2D eigenvalue weighted by Crippen LogP contribution is -2.19. The van der Waals surface area contributed by atoms with E-state index >= 15 is 0 Å². The molecule has 6 nitrogen and oxygen atoms in total. The molecule has 1 aromatic heterocycles. The molecule has 0 bridgehead atoms. The number of nitrogens with two attached hydrogens (primary N) is 1. The molecule has 1 amide bonds. The fourth-order valence-electron chi connectivity index (χ4n) is 3.96. The van der Waals surface area contributed by atoms with E-state index in [2.05, 4.69) is 5.32 Å². The predicted molar refractivity (Wildman–Crippen MR) is 114 cm³/mol. The van der Waals surface area contributed by atoms with Crippen molar-refractivity contribution < 1.29 is 13.2 Å². The van der Waals surface area contributed by atoms with Crippen LogP contribution in [0.1, 0.15) is 45.6 Å². The second-order valence-corrected chi connectivity index (χ2v) is 9.22. The van der Waals surface area contributed by atoms with Crippen LogP contribution in [0.5, 0.6) is 0 Å². The van der Waals surface area contributed by atoms with Crippen molar-refractivity contribution in [2.24, 2.45) is 5.14 Å². The zero-order valence-electron chi connectivity index (χ0n) is 16.2. The highest BCUT2D eigenvalue weighted by molar-refractivity contribution is 7.88. The smallest absolute Gasteiger partial charge is 0.256 e. The van der Waals surface area contributed by atoms with Gasteiger partial charge in [0.1, 0.15) is 0 Å². The molecule has 0 fully saturated rings. The molecule has 3 N–H and O–H groups in total. The highest BCUT2D eigenvalue weighted by atomic mass is 32.2. The Labute approximate surface area is 170 Å². The quantitative estimate of drug-likeness (QED) is 0.689. The van der Waals surface area contributed by atoms with Crippen LogP contribution >= 0.6 is 0 Å². The van der Waals surface area contributed by atoms with E-state index in [0.717, 1.165) is 53.4 Å². The Morgan fingerprint density at radius 1 is 1.14 bits per heavy atom. The van der Waals surface area contributed by atoms with E-state index in [1.165, 1.54) is 0 Å². The van der Waals surface area contributed by atoms with Crippen LogP contribution in [0, 0.1) is 6.92 Å². The number of pyridine rings is 1. The van der Waals surface area contributed by atoms with Crippen molar-refractivity contribution >= 4 is 32.5 Å². The van der Waals surface area contributed by atoms with Crippen LogP contribution in [0.15, 0.2) is 42.5 Å². The molecule has 150 valence electrons. The molecule has 29 heavy (non-hydrogen) atoms. The van der Waals surface area contributed by atoms with E-state index in [1.54, 1.807) is 24.3 Å². The number of sulfonamides is 1. The van der Waals surface area contributed by atoms with E-state index in [4.69, 9.17) is 10.1 Å². The molecule has 3 aromatic rings. The van der Waals surface area contributed by atoms with Gasteiger partial charge in [-0.1, -0.05) is 23.8 Å². The third kappa shape index (κ3) is 4.31. The molecular formula is C22H23N3O3S. The Hall–Kier alpha value is -2.77. The number of nitrogens with zero attached hydrogens (tertiary/aromatic N) is 1. The topological polar surface area (TPSA) is 102 Å². The number of aromatic nitrogens is 1. The highest BCUT2D eigenvalue weighted by Crippen LogP contribution is 2.30. The molecule has 0 radical (unpaired) electrons. The van der Waals surface area contributed by atoms with Gasteiger partial charge in [-0.25, -0.2) is 13.6 Å². The molecule has 0 spiro atoms. The third-order valence-corrected chi connectivity index (χ3v) is 5.93. The summed E-state index contributed by atoms with van der Waals surface area (Å²) in [5.41, 5.74) is 5.66. The number of rotatable bonds is 4. The molecule has 1 aliphatic carbocycles. The van der Waals surface area contributed by atoms with Gasteiger partial charge in [0.2, 0.25) is 10.0 Å². The Balaban J connectivity index is 1.76. The van der Waals surface area contributed by atoms with Crippen LogP contribution in [-0.2, 0) is 28.6 Å². The summed E-state index contributed by atoms with van der Waals surface area (Å²) in [6.07, 6.45) is 3.83. The van der Waals surface area contributed by atoms with E-state index in [0.29, 0.717) is 16.8 Å². The van der Waals surface area contributed by atoms with Gasteiger partial charge in [-0.2, -0.15) is 0 Å². The molecule has 7 heteroatoms. The maximum Gasteiger partial charge on any atom is 0.256 e. The van der Waals surface area contributed by atoms with Gasteiger partial charge in [-0.15, -0.1) is 0 Å². The monoisotopic (exact) mass is 409 g/mol. The SMILES string of the molecule is Cc1ccc2nc3c(c(C(=O)Nc4cccc(CS(N)(=O)=O)c4)c2c1)CCCC3. The number of primary sulfonamides is 1. The first-order chi connectivity index (χ1) is 13.8. The van der Waals surface area contributed by atoms with Gasteiger partial charge in [0, 0.05) is 16.8 Å². The number of carbonyl (C=O) groups excluding carboxylic acids is 1. The summed E-state index contributed by atoms with van der Waals surface area (Å²) in [4.78, 5) is 18.1. The van der Waals surface area contributed by atoms with Crippen LogP contribution in [0.3, 0.4) is 0 Å². The lowest BCUT2D eigenvalue weighted by molar-refractivity contribution is 0.102. The van der Waals surface area contributed by atoms with Crippen molar-refractivity contribution in [1.82, 2.24) is 4.98 Å². The minimum Gasteiger partial charge on any atom is -0.322 e. The Kier molecular flexibility index (Phi) is 5.10. The fraction of sp³-hybridized carbons (Fsp3) is 0.273. The summed E-state index contributed by atoms with van der Waals surface area (Å²) in [7, 11) is -3.64. The second kappa shape index (κ2) is 7.57. The fourth-order valence-corrected chi connectivity index (χ4v) is 4.61. The number of benzene rings is 2. The minimum atomic E-state index is -3.64. The molecule has 0 unspecified atom stereocenters. The molecule has 1 heterocycles. The van der Waals surface area contributed by atoms with Crippen LogP contribution in [0.25, 0.3) is 10.9 Å². The maximum atomic E-state index is 13.3. The summed E-state index contributed by atoms with van der Waals surface area (Å²) < 4.78 is 22.8. The van der Waals surface area contributed by atoms with Crippen molar-refractivity contribution in [3.63, 3.8) is 0 Å². The second-order valence-electron chi connectivity index (χ2n) is 7.60. The lowest BCUT2D eigenvalue weighted by Gasteiger charge is -2.20. The number of fused-ring (bicyclic) bond motifs is 2. The average Bonchev–Trinajstić information content (AvgIpc) is 2.65. The first-order valence-electron chi connectivity index (χ1n) is 9.63. The van der Waals surface area contributed by atoms with Crippen LogP contribution in [0.2, 0.25) is 0 Å². The molecule has 0 atom stereocenters. The zero-order chi connectivity index (χ0) is 20.6. The summed E-state index contributed by atoms with van der Waals surface area (Å²) in [5, 5.41) is 8.93. The normalized spacial score (nSPS) is 13.9. The van der Waals surface area contributed by atoms with Gasteiger partial charge in [-0.3, -0.25) is 9.78 Å². The Morgan fingerprint density at radius 3 is 2.72 bits per heavy atom. The summed E-state index contributed by atoms with van der Waals surface area (Å²) in [6.45, 7) is 2.00. The highest BCUT2D eigenvalue weighted by Gasteiger charge is 2.23. The number of hydrogen-bond acceptors (Lipinski definition) is 4. The van der Waals surface area contributed by atoms with Crippen LogP contribution in [0.4, 0.5) is 5.69 Å². The Bertz CT molecular complexity index is 1220. The summed E-state index contributed by atoms with van der Waals surface area (Å²) >= 11 is 0. The number of nitrogens with one attached hydrogen (secondary N) is 1. The van der Waals surface area contributed by atoms with Crippen LogP contribution < -0.4 is 10.5 Å². The molecule has 2 aromatic carbocycles. The number of anilines is 1. The number of aryl methyl sites for hydroxylation is 2. The first kappa shape index (κ1) is 19.5. The molecule has 4 rings (SSSR count). The van der Waals surface area contributed by atoms with Gasteiger partial charge < -0.3 is 5.32 Å². The summed E-state index contributed by atoms with van der Waals surface area (Å²) in [5.74, 6) is -0.474. The summed E-state index contributed by atoms with van der Waals surface area (Å²) in [6, 6.07) is 12.7. The maximum absolute atomic E-state index is 13.3. The van der Waals surface area contributed by atoms with Gasteiger partial charge in [0.05, 0.1) is 16.8 Å². The minimum absolute atomic E-state index is 0.200. The number of hydrogen-bond donors (Lipinski definition) is 2. The lowest BCUT2D eigenvalue weighted by atomic mass is 9.89. The largest absolute Gasteiger partial charge is 0.322 e. The Morgan fingerprint density at radius 2 is 1.93 bits per heavy atom. The predicted octanol–water partition coefficient (Wildman–Crippen LogP) is 3.46. The van der Waals surface area contributed by atoms with Crippen molar-refractivity contribution in [1.29, 1.82) is 0 Å². The van der Waals surface area contributed by atoms with Crippen molar-refractivity contribution in [3.05, 3.63) is 70.4 Å². The first-order valence-corrected chi connectivity index (χ1v) is 11.3. The zero-order valence-corrected chi connectivity index (χ0v) is 17.1. The number of carbonyl (C=O) groups is 1. The van der Waals surface area contributed by atoms with Crippen molar-refractivity contribution in [2.75, 3.05) is 5.32 Å². The van der Waals surface area contributed by atoms with Crippen molar-refractivity contribution in [3.8, 4) is 0 Å². The van der Waals surface area contributed by atoms with Gasteiger partial charge >= 0.3 is 0 Å². The van der Waals surface area contributed by atoms with Crippen molar-refractivity contribution in [2.45, 2.75) is 38.4 Å². The molecule has 0 saturated heterocycles. The van der Waals surface area contributed by atoms with E-state index in [9.17, 15) is 13.2 Å². The molecule has 0 saturated carbocycles. The third-order valence-electron chi connectivity index (χ3n) is 5.20. The average molecular weight is 410 g/mol. The molecular weight excluding hydrogens is 386 g/mol. The van der Waals surface area contributed by atoms with Gasteiger partial charge in [-0.05, 0) is 68.0 Å². The molecule has 1 aliphatic rings. The standard InChI is InChI=1S/C22H23N3O3S/c1-14-9-10-20-18(11-14)21(17-7-2-3-8-19(17)25-20)22(26)24-16-6-4-5-15(12-16)13-29(23,27)28/h4-6,9-12H,2-3,7-8,13H2,1H3,(H,24,26)(H2,23,27,28). The van der Waals surface area contributed by atoms with Gasteiger partial charge in [0.25, 0.3) is 5.91 Å². The van der Waals surface area contributed by atoms with Gasteiger partial charge in [0.15, 0.2) is 0 Å². The van der Waals surface area contributed by atoms with E-state index in [-0.39, 0.29) is 11.7 Å². The van der Waals surface area contributed by atoms with E-state index < -0.39 is 10.0 Å². The molecule has 0 aliphatic heterocycles. The van der Waals surface area contributed by atoms with E-state index in [1.807, 2.05) is 25.1 Å². The van der Waals surface area contributed by atoms with Crippen LogP contribution in [-0.4, -0.2) is 19.3 Å². The number of amides is 1.